The molecule has 7 nitrogen and oxygen atoms in total. The standard InChI is InChI=1S/C25H32N4O3/c1-19-25(31)29(22-8-3-4-9-23(22)32-19)11-10-24(30)26-17-20-6-5-7-21(16-20)18-28-14-12-27(2)13-15-28/h3-9,16,19H,10-15,17-18H2,1-2H3,(H,26,30). The van der Waals surface area contributed by atoms with E-state index in [1.54, 1.807) is 11.8 Å². The number of carbonyl (C=O) groups excluding carboxylic acids is 2. The highest BCUT2D eigenvalue weighted by Crippen LogP contribution is 2.33. The predicted molar refractivity (Wildman–Crippen MR) is 125 cm³/mol. The molecular formula is C25H32N4O3. The first kappa shape index (κ1) is 22.3. The molecule has 2 aromatic carbocycles. The molecule has 1 fully saturated rings. The molecule has 0 spiro atoms. The topological polar surface area (TPSA) is 65.1 Å². The van der Waals surface area contributed by atoms with E-state index < -0.39 is 6.10 Å². The van der Waals surface area contributed by atoms with Gasteiger partial charge in [0, 0.05) is 52.2 Å². The summed E-state index contributed by atoms with van der Waals surface area (Å²) in [5, 5.41) is 3.00. The highest BCUT2D eigenvalue weighted by atomic mass is 16.5. The van der Waals surface area contributed by atoms with E-state index in [0.29, 0.717) is 18.8 Å². The van der Waals surface area contributed by atoms with Crippen LogP contribution in [0.15, 0.2) is 48.5 Å². The van der Waals surface area contributed by atoms with E-state index in [0.717, 1.165) is 44.0 Å². The fraction of sp³-hybridized carbons (Fsp3) is 0.440. The Morgan fingerprint density at radius 2 is 1.81 bits per heavy atom. The Bertz CT molecular complexity index is 956. The molecule has 2 aromatic rings. The van der Waals surface area contributed by atoms with Gasteiger partial charge in [0.2, 0.25) is 5.91 Å². The highest BCUT2D eigenvalue weighted by Gasteiger charge is 2.31. The predicted octanol–water partition coefficient (Wildman–Crippen LogP) is 2.25. The molecule has 1 saturated heterocycles. The molecule has 0 saturated carbocycles. The summed E-state index contributed by atoms with van der Waals surface area (Å²) in [6.07, 6.45) is -0.302. The number of para-hydroxylation sites is 2. The number of rotatable bonds is 7. The first-order valence-electron chi connectivity index (χ1n) is 11.3. The Balaban J connectivity index is 1.28. The lowest BCUT2D eigenvalue weighted by molar-refractivity contribution is -0.125. The maximum absolute atomic E-state index is 12.6. The zero-order valence-electron chi connectivity index (χ0n) is 18.9. The number of anilines is 1. The fourth-order valence-corrected chi connectivity index (χ4v) is 4.19. The smallest absolute Gasteiger partial charge is 0.267 e. The van der Waals surface area contributed by atoms with Gasteiger partial charge in [0.1, 0.15) is 5.75 Å². The molecule has 7 heteroatoms. The third-order valence-electron chi connectivity index (χ3n) is 6.12. The second-order valence-electron chi connectivity index (χ2n) is 8.64. The zero-order chi connectivity index (χ0) is 22.5. The van der Waals surface area contributed by atoms with Gasteiger partial charge in [-0.25, -0.2) is 0 Å². The summed E-state index contributed by atoms with van der Waals surface area (Å²) in [4.78, 5) is 31.5. The Morgan fingerprint density at radius 3 is 2.62 bits per heavy atom. The number of piperazine rings is 1. The van der Waals surface area contributed by atoms with Gasteiger partial charge in [-0.1, -0.05) is 36.4 Å². The molecule has 2 aliphatic rings. The summed E-state index contributed by atoms with van der Waals surface area (Å²) in [5.74, 6) is 0.490. The molecule has 2 aliphatic heterocycles. The lowest BCUT2D eigenvalue weighted by Gasteiger charge is -2.32. The molecule has 2 amide bonds. The van der Waals surface area contributed by atoms with Crippen LogP contribution in [0.1, 0.15) is 24.5 Å². The number of carbonyl (C=O) groups is 2. The molecule has 0 aliphatic carbocycles. The van der Waals surface area contributed by atoms with Gasteiger partial charge in [0.15, 0.2) is 6.10 Å². The Hall–Kier alpha value is -2.90. The number of nitrogens with one attached hydrogen (secondary N) is 1. The van der Waals surface area contributed by atoms with Gasteiger partial charge >= 0.3 is 0 Å². The molecule has 1 N–H and O–H groups in total. The van der Waals surface area contributed by atoms with Crippen LogP contribution in [-0.4, -0.2) is 67.5 Å². The molecule has 170 valence electrons. The van der Waals surface area contributed by atoms with Crippen LogP contribution in [-0.2, 0) is 22.7 Å². The van der Waals surface area contributed by atoms with Gasteiger partial charge in [-0.2, -0.15) is 0 Å². The van der Waals surface area contributed by atoms with Crippen molar-refractivity contribution in [3.8, 4) is 5.75 Å². The summed E-state index contributed by atoms with van der Waals surface area (Å²) in [6.45, 7) is 7.86. The van der Waals surface area contributed by atoms with Crippen LogP contribution in [0.2, 0.25) is 0 Å². The Morgan fingerprint density at radius 1 is 1.06 bits per heavy atom. The number of amides is 2. The Kier molecular flexibility index (Phi) is 7.07. The lowest BCUT2D eigenvalue weighted by atomic mass is 10.1. The lowest BCUT2D eigenvalue weighted by Crippen LogP contribution is -2.45. The van der Waals surface area contributed by atoms with Crippen molar-refractivity contribution < 1.29 is 14.3 Å². The SMILES string of the molecule is CC1Oc2ccccc2N(CCC(=O)NCc2cccc(CN3CCN(C)CC3)c2)C1=O. The average molecular weight is 437 g/mol. The molecule has 1 unspecified atom stereocenters. The van der Waals surface area contributed by atoms with Gasteiger partial charge in [-0.05, 0) is 37.2 Å². The van der Waals surface area contributed by atoms with Crippen LogP contribution < -0.4 is 15.0 Å². The van der Waals surface area contributed by atoms with Gasteiger partial charge in [-0.15, -0.1) is 0 Å². The van der Waals surface area contributed by atoms with Gasteiger partial charge in [-0.3, -0.25) is 14.5 Å². The van der Waals surface area contributed by atoms with Crippen LogP contribution >= 0.6 is 0 Å². The fourth-order valence-electron chi connectivity index (χ4n) is 4.19. The van der Waals surface area contributed by atoms with Gasteiger partial charge in [0.25, 0.3) is 5.91 Å². The number of hydrogen-bond acceptors (Lipinski definition) is 5. The van der Waals surface area contributed by atoms with E-state index in [4.69, 9.17) is 4.74 Å². The summed E-state index contributed by atoms with van der Waals surface area (Å²) >= 11 is 0. The molecule has 32 heavy (non-hydrogen) atoms. The first-order valence-corrected chi connectivity index (χ1v) is 11.3. The van der Waals surface area contributed by atoms with Crippen molar-refractivity contribution in [3.63, 3.8) is 0 Å². The molecule has 0 radical (unpaired) electrons. The van der Waals surface area contributed by atoms with Gasteiger partial charge in [0.05, 0.1) is 5.69 Å². The van der Waals surface area contributed by atoms with E-state index in [-0.39, 0.29) is 18.2 Å². The minimum absolute atomic E-state index is 0.0705. The van der Waals surface area contributed by atoms with Crippen molar-refractivity contribution in [2.45, 2.75) is 32.5 Å². The van der Waals surface area contributed by atoms with E-state index in [1.165, 1.54) is 5.56 Å². The van der Waals surface area contributed by atoms with Gasteiger partial charge < -0.3 is 19.9 Å². The van der Waals surface area contributed by atoms with Crippen LogP contribution in [0.5, 0.6) is 5.75 Å². The quantitative estimate of drug-likeness (QED) is 0.721. The van der Waals surface area contributed by atoms with E-state index in [9.17, 15) is 9.59 Å². The molecule has 0 aromatic heterocycles. The third kappa shape index (κ3) is 5.47. The van der Waals surface area contributed by atoms with E-state index >= 15 is 0 Å². The second-order valence-corrected chi connectivity index (χ2v) is 8.64. The third-order valence-corrected chi connectivity index (χ3v) is 6.12. The maximum Gasteiger partial charge on any atom is 0.267 e. The number of benzene rings is 2. The molecule has 2 heterocycles. The highest BCUT2D eigenvalue weighted by molar-refractivity contribution is 6.00. The van der Waals surface area contributed by atoms with Crippen LogP contribution in [0.25, 0.3) is 0 Å². The number of hydrogen-bond donors (Lipinski definition) is 1. The van der Waals surface area contributed by atoms with Crippen molar-refractivity contribution in [2.75, 3.05) is 44.7 Å². The minimum atomic E-state index is -0.545. The average Bonchev–Trinajstić information content (AvgIpc) is 2.80. The van der Waals surface area contributed by atoms with E-state index in [1.807, 2.05) is 30.3 Å². The van der Waals surface area contributed by atoms with Crippen molar-refractivity contribution in [1.82, 2.24) is 15.1 Å². The van der Waals surface area contributed by atoms with Crippen molar-refractivity contribution in [1.29, 1.82) is 0 Å². The normalized spacial score (nSPS) is 19.4. The van der Waals surface area contributed by atoms with Crippen LogP contribution in [0, 0.1) is 0 Å². The zero-order valence-corrected chi connectivity index (χ0v) is 18.9. The van der Waals surface area contributed by atoms with E-state index in [2.05, 4.69) is 40.4 Å². The first-order chi connectivity index (χ1) is 15.5. The summed E-state index contributed by atoms with van der Waals surface area (Å²) < 4.78 is 5.66. The largest absolute Gasteiger partial charge is 0.479 e. The summed E-state index contributed by atoms with van der Waals surface area (Å²) in [6, 6.07) is 15.9. The van der Waals surface area contributed by atoms with Crippen molar-refractivity contribution in [3.05, 3.63) is 59.7 Å². The Labute approximate surface area is 189 Å². The van der Waals surface area contributed by atoms with Crippen molar-refractivity contribution in [2.24, 2.45) is 0 Å². The summed E-state index contributed by atoms with van der Waals surface area (Å²) in [5.41, 5.74) is 3.08. The molecule has 0 bridgehead atoms. The summed E-state index contributed by atoms with van der Waals surface area (Å²) in [7, 11) is 2.16. The monoisotopic (exact) mass is 436 g/mol. The maximum atomic E-state index is 12.6. The van der Waals surface area contributed by atoms with Crippen molar-refractivity contribution >= 4 is 17.5 Å². The molecule has 4 rings (SSSR count). The van der Waals surface area contributed by atoms with Crippen LogP contribution in [0.3, 0.4) is 0 Å². The number of fused-ring (bicyclic) bond motifs is 1. The number of likely N-dealkylation sites (N-methyl/N-ethyl adjacent to an activating group) is 1. The number of nitrogens with zero attached hydrogens (tertiary/aromatic N) is 3. The molecule has 1 atom stereocenters. The van der Waals surface area contributed by atoms with Crippen LogP contribution in [0.4, 0.5) is 5.69 Å². The minimum Gasteiger partial charge on any atom is -0.479 e. The number of ether oxygens (including phenoxy) is 1. The second kappa shape index (κ2) is 10.1. The molecular weight excluding hydrogens is 404 g/mol.